The Morgan fingerprint density at radius 3 is 2.96 bits per heavy atom. The normalized spacial score (nSPS) is 16.7. The second kappa shape index (κ2) is 6.62. The minimum atomic E-state index is -0.110. The van der Waals surface area contributed by atoms with Gasteiger partial charge in [0.2, 0.25) is 6.79 Å². The van der Waals surface area contributed by atoms with E-state index in [1.54, 1.807) is 5.38 Å². The van der Waals surface area contributed by atoms with E-state index in [2.05, 4.69) is 10.3 Å². The van der Waals surface area contributed by atoms with E-state index >= 15 is 0 Å². The van der Waals surface area contributed by atoms with Gasteiger partial charge in [-0.1, -0.05) is 0 Å². The Kier molecular flexibility index (Phi) is 4.37. The van der Waals surface area contributed by atoms with Crippen LogP contribution < -0.4 is 14.8 Å². The number of hydrogen-bond acceptors (Lipinski definition) is 7. The van der Waals surface area contributed by atoms with Crippen molar-refractivity contribution in [3.63, 3.8) is 0 Å². The second-order valence-electron chi connectivity index (χ2n) is 4.99. The van der Waals surface area contributed by atoms with E-state index in [0.29, 0.717) is 16.8 Å². The summed E-state index contributed by atoms with van der Waals surface area (Å²) in [6.45, 7) is 0.937. The SMILES string of the molecule is O=C(NCC1SCCS1)c1csc(-c2ccc3c(c2)OCO3)n1. The van der Waals surface area contributed by atoms with Crippen molar-refractivity contribution in [3.05, 3.63) is 29.3 Å². The van der Waals surface area contributed by atoms with Crippen LogP contribution in [0.25, 0.3) is 10.6 Å². The number of thioether (sulfide) groups is 2. The number of rotatable bonds is 4. The number of fused-ring (bicyclic) bond motifs is 1. The number of amides is 1. The lowest BCUT2D eigenvalue weighted by atomic mass is 10.2. The van der Waals surface area contributed by atoms with Crippen LogP contribution in [0.5, 0.6) is 11.5 Å². The standard InChI is InChI=1S/C15H14N2O3S3/c18-14(16-6-13-21-3-4-22-13)10-7-23-15(17-10)9-1-2-11-12(5-9)20-8-19-11/h1-2,5,7,13H,3-4,6,8H2,(H,16,18). The molecule has 1 aromatic heterocycles. The molecule has 4 rings (SSSR count). The van der Waals surface area contributed by atoms with Gasteiger partial charge in [-0.15, -0.1) is 34.9 Å². The molecule has 2 aliphatic heterocycles. The third kappa shape index (κ3) is 3.29. The second-order valence-corrected chi connectivity index (χ2v) is 8.76. The van der Waals surface area contributed by atoms with E-state index in [9.17, 15) is 4.79 Å². The molecule has 1 aromatic carbocycles. The number of nitrogens with zero attached hydrogens (tertiary/aromatic N) is 1. The van der Waals surface area contributed by atoms with Gasteiger partial charge in [0.25, 0.3) is 5.91 Å². The fourth-order valence-corrected chi connectivity index (χ4v) is 5.79. The van der Waals surface area contributed by atoms with Crippen molar-refractivity contribution in [1.29, 1.82) is 0 Å². The first-order valence-corrected chi connectivity index (χ1v) is 10.1. The molecule has 0 aliphatic carbocycles. The highest BCUT2D eigenvalue weighted by atomic mass is 32.2. The Balaban J connectivity index is 1.44. The van der Waals surface area contributed by atoms with E-state index < -0.39 is 0 Å². The van der Waals surface area contributed by atoms with Gasteiger partial charge >= 0.3 is 0 Å². The molecule has 1 saturated heterocycles. The molecular formula is C15H14N2O3S3. The number of nitrogens with one attached hydrogen (secondary N) is 1. The van der Waals surface area contributed by atoms with Crippen molar-refractivity contribution in [2.75, 3.05) is 24.8 Å². The van der Waals surface area contributed by atoms with Crippen molar-refractivity contribution >= 4 is 40.8 Å². The summed E-state index contributed by atoms with van der Waals surface area (Å²) >= 11 is 5.25. The Morgan fingerprint density at radius 1 is 1.26 bits per heavy atom. The van der Waals surface area contributed by atoms with Gasteiger partial charge in [-0.25, -0.2) is 4.98 Å². The topological polar surface area (TPSA) is 60.5 Å². The quantitative estimate of drug-likeness (QED) is 0.897. The molecule has 5 nitrogen and oxygen atoms in total. The van der Waals surface area contributed by atoms with E-state index in [0.717, 1.165) is 33.6 Å². The largest absolute Gasteiger partial charge is 0.454 e. The lowest BCUT2D eigenvalue weighted by Crippen LogP contribution is -2.28. The van der Waals surface area contributed by atoms with Gasteiger partial charge in [-0.3, -0.25) is 4.79 Å². The van der Waals surface area contributed by atoms with E-state index in [-0.39, 0.29) is 12.7 Å². The van der Waals surface area contributed by atoms with Gasteiger partial charge in [-0.2, -0.15) is 0 Å². The summed E-state index contributed by atoms with van der Waals surface area (Å²) in [6.07, 6.45) is 0. The van der Waals surface area contributed by atoms with Crippen LogP contribution in [-0.4, -0.2) is 40.3 Å². The summed E-state index contributed by atoms with van der Waals surface area (Å²) in [5.74, 6) is 3.68. The maximum atomic E-state index is 12.2. The van der Waals surface area contributed by atoms with Crippen LogP contribution in [0.3, 0.4) is 0 Å². The summed E-state index contributed by atoms with van der Waals surface area (Å²) in [5.41, 5.74) is 1.40. The summed E-state index contributed by atoms with van der Waals surface area (Å²) in [6, 6.07) is 5.70. The smallest absolute Gasteiger partial charge is 0.270 e. The van der Waals surface area contributed by atoms with Crippen LogP contribution in [0.15, 0.2) is 23.6 Å². The predicted octanol–water partition coefficient (Wildman–Crippen LogP) is 3.07. The van der Waals surface area contributed by atoms with Gasteiger partial charge in [0.05, 0.1) is 4.58 Å². The number of benzene rings is 1. The molecule has 120 valence electrons. The maximum Gasteiger partial charge on any atom is 0.270 e. The van der Waals surface area contributed by atoms with E-state index in [1.165, 1.54) is 11.3 Å². The Bertz CT molecular complexity index is 729. The zero-order chi connectivity index (χ0) is 15.6. The van der Waals surface area contributed by atoms with Gasteiger partial charge < -0.3 is 14.8 Å². The van der Waals surface area contributed by atoms with Gasteiger partial charge in [0, 0.05) is 29.0 Å². The average Bonchev–Trinajstić information content (AvgIpc) is 3.32. The molecule has 23 heavy (non-hydrogen) atoms. The molecule has 0 radical (unpaired) electrons. The van der Waals surface area contributed by atoms with Crippen molar-refractivity contribution in [2.45, 2.75) is 4.58 Å². The van der Waals surface area contributed by atoms with E-state index in [4.69, 9.17) is 9.47 Å². The zero-order valence-corrected chi connectivity index (χ0v) is 14.6. The lowest BCUT2D eigenvalue weighted by Gasteiger charge is -2.08. The highest BCUT2D eigenvalue weighted by molar-refractivity contribution is 8.20. The van der Waals surface area contributed by atoms with Crippen LogP contribution in [0, 0.1) is 0 Å². The first-order chi connectivity index (χ1) is 11.3. The Labute approximate surface area is 146 Å². The molecule has 2 aromatic rings. The molecule has 8 heteroatoms. The van der Waals surface area contributed by atoms with Crippen molar-refractivity contribution in [3.8, 4) is 22.1 Å². The third-order valence-electron chi connectivity index (χ3n) is 3.48. The molecule has 1 fully saturated rings. The Hall–Kier alpha value is -1.38. The van der Waals surface area contributed by atoms with Crippen LogP contribution in [0.4, 0.5) is 0 Å². The number of aromatic nitrogens is 1. The molecule has 0 atom stereocenters. The summed E-state index contributed by atoms with van der Waals surface area (Å²) in [5, 5.41) is 5.57. The lowest BCUT2D eigenvalue weighted by molar-refractivity contribution is 0.0951. The van der Waals surface area contributed by atoms with Gasteiger partial charge in [0.15, 0.2) is 11.5 Å². The monoisotopic (exact) mass is 366 g/mol. The molecule has 3 heterocycles. The number of thiazole rings is 1. The molecule has 1 N–H and O–H groups in total. The van der Waals surface area contributed by atoms with E-state index in [1.807, 2.05) is 41.7 Å². The molecule has 0 bridgehead atoms. The van der Waals surface area contributed by atoms with Gasteiger partial charge in [-0.05, 0) is 18.2 Å². The van der Waals surface area contributed by atoms with Crippen LogP contribution in [0.1, 0.15) is 10.5 Å². The molecular weight excluding hydrogens is 352 g/mol. The number of carbonyl (C=O) groups excluding carboxylic acids is 1. The maximum absolute atomic E-state index is 12.2. The van der Waals surface area contributed by atoms with Crippen LogP contribution in [-0.2, 0) is 0 Å². The molecule has 0 spiro atoms. The molecule has 1 amide bonds. The van der Waals surface area contributed by atoms with Crippen molar-refractivity contribution < 1.29 is 14.3 Å². The fraction of sp³-hybridized carbons (Fsp3) is 0.333. The van der Waals surface area contributed by atoms with Crippen molar-refractivity contribution in [2.24, 2.45) is 0 Å². The van der Waals surface area contributed by atoms with Crippen molar-refractivity contribution in [1.82, 2.24) is 10.3 Å². The number of hydrogen-bond donors (Lipinski definition) is 1. The molecule has 0 saturated carbocycles. The Morgan fingerprint density at radius 2 is 2.09 bits per heavy atom. The third-order valence-corrected chi connectivity index (χ3v) is 7.40. The van der Waals surface area contributed by atoms with Crippen LogP contribution >= 0.6 is 34.9 Å². The minimum Gasteiger partial charge on any atom is -0.454 e. The number of ether oxygens (including phenoxy) is 2. The minimum absolute atomic E-state index is 0.110. The first kappa shape index (κ1) is 15.2. The predicted molar refractivity (Wildman–Crippen MR) is 94.7 cm³/mol. The molecule has 2 aliphatic rings. The summed E-state index contributed by atoms with van der Waals surface area (Å²) < 4.78 is 11.2. The zero-order valence-electron chi connectivity index (χ0n) is 12.1. The van der Waals surface area contributed by atoms with Crippen LogP contribution in [0.2, 0.25) is 0 Å². The van der Waals surface area contributed by atoms with Gasteiger partial charge in [0.1, 0.15) is 10.7 Å². The average molecular weight is 366 g/mol. The highest BCUT2D eigenvalue weighted by Gasteiger charge is 2.19. The summed E-state index contributed by atoms with van der Waals surface area (Å²) in [4.78, 5) is 16.7. The summed E-state index contributed by atoms with van der Waals surface area (Å²) in [7, 11) is 0. The fourth-order valence-electron chi connectivity index (χ4n) is 2.33. The number of carbonyl (C=O) groups is 1. The highest BCUT2D eigenvalue weighted by Crippen LogP contribution is 2.36. The molecule has 0 unspecified atom stereocenters. The first-order valence-electron chi connectivity index (χ1n) is 7.16.